The van der Waals surface area contributed by atoms with E-state index >= 15 is 0 Å². The molecule has 0 saturated carbocycles. The number of carbonyl (C=O) groups is 1. The van der Waals surface area contributed by atoms with Crippen LogP contribution in [0.5, 0.6) is 0 Å². The topological polar surface area (TPSA) is 46.9 Å². The van der Waals surface area contributed by atoms with Gasteiger partial charge < -0.3 is 5.32 Å². The van der Waals surface area contributed by atoms with Gasteiger partial charge in [-0.25, -0.2) is 0 Å². The molecular weight excluding hydrogens is 290 g/mol. The lowest BCUT2D eigenvalue weighted by Crippen LogP contribution is -2.09. The van der Waals surface area contributed by atoms with Crippen LogP contribution in [0.2, 0.25) is 0 Å². The lowest BCUT2D eigenvalue weighted by atomic mass is 10.4. The van der Waals surface area contributed by atoms with Crippen LogP contribution < -0.4 is 5.32 Å². The second-order valence-corrected chi connectivity index (χ2v) is 5.61. The van der Waals surface area contributed by atoms with Gasteiger partial charge >= 0.3 is 0 Å². The molecule has 0 spiro atoms. The van der Waals surface area contributed by atoms with Crippen molar-refractivity contribution in [2.75, 3.05) is 5.32 Å². The van der Waals surface area contributed by atoms with Crippen LogP contribution in [-0.4, -0.2) is 15.7 Å². The van der Waals surface area contributed by atoms with Crippen molar-refractivity contribution in [2.45, 2.75) is 13.5 Å². The Morgan fingerprint density at radius 3 is 3.00 bits per heavy atom. The van der Waals surface area contributed by atoms with Gasteiger partial charge in [-0.3, -0.25) is 9.48 Å². The van der Waals surface area contributed by atoms with E-state index in [0.29, 0.717) is 4.88 Å². The largest absolute Gasteiger partial charge is 0.319 e. The van der Waals surface area contributed by atoms with Crippen LogP contribution in [0.15, 0.2) is 28.3 Å². The summed E-state index contributed by atoms with van der Waals surface area (Å²) in [6.07, 6.45) is 3.45. The summed E-state index contributed by atoms with van der Waals surface area (Å²) < 4.78 is 2.71. The summed E-state index contributed by atoms with van der Waals surface area (Å²) in [5, 5.41) is 6.88. The summed E-state index contributed by atoms with van der Waals surface area (Å²) in [6.45, 7) is 2.79. The monoisotopic (exact) mass is 299 g/mol. The number of rotatable bonds is 3. The van der Waals surface area contributed by atoms with Crippen LogP contribution in [0, 0.1) is 0 Å². The molecule has 0 fully saturated rings. The van der Waals surface area contributed by atoms with Gasteiger partial charge in [0, 0.05) is 12.7 Å². The highest BCUT2D eigenvalue weighted by Gasteiger charge is 2.09. The Hall–Kier alpha value is -1.14. The predicted octanol–water partition coefficient (Wildman–Crippen LogP) is 2.98. The SMILES string of the molecule is CCn1cc(NC(=O)c2ccc(Br)s2)cn1. The number of aryl methyl sites for hydroxylation is 1. The fourth-order valence-electron chi connectivity index (χ4n) is 1.23. The average molecular weight is 300 g/mol. The van der Waals surface area contributed by atoms with Gasteiger partial charge in [0.05, 0.1) is 20.5 Å². The Morgan fingerprint density at radius 1 is 1.62 bits per heavy atom. The third-order valence-corrected chi connectivity index (χ3v) is 3.63. The first-order valence-electron chi connectivity index (χ1n) is 4.78. The van der Waals surface area contributed by atoms with Gasteiger partial charge in [0.25, 0.3) is 5.91 Å². The van der Waals surface area contributed by atoms with Crippen molar-refractivity contribution in [3.8, 4) is 0 Å². The predicted molar refractivity (Wildman–Crippen MR) is 67.9 cm³/mol. The quantitative estimate of drug-likeness (QED) is 0.947. The third kappa shape index (κ3) is 2.51. The Balaban J connectivity index is 2.07. The minimum absolute atomic E-state index is 0.105. The standard InChI is InChI=1S/C10H10BrN3OS/c1-2-14-6-7(5-12-14)13-10(15)8-3-4-9(11)16-8/h3-6H,2H2,1H3,(H,13,15). The van der Waals surface area contributed by atoms with E-state index in [-0.39, 0.29) is 5.91 Å². The second-order valence-electron chi connectivity index (χ2n) is 3.14. The molecule has 2 heterocycles. The van der Waals surface area contributed by atoms with E-state index in [1.165, 1.54) is 11.3 Å². The molecule has 0 aliphatic heterocycles. The number of anilines is 1. The normalized spacial score (nSPS) is 10.4. The second kappa shape index (κ2) is 4.80. The van der Waals surface area contributed by atoms with Gasteiger partial charge in [0.2, 0.25) is 0 Å². The number of halogens is 1. The highest BCUT2D eigenvalue weighted by molar-refractivity contribution is 9.11. The molecule has 0 radical (unpaired) electrons. The smallest absolute Gasteiger partial charge is 0.265 e. The maximum absolute atomic E-state index is 11.8. The van der Waals surface area contributed by atoms with Gasteiger partial charge in [-0.15, -0.1) is 11.3 Å². The van der Waals surface area contributed by atoms with Crippen molar-refractivity contribution < 1.29 is 4.79 Å². The van der Waals surface area contributed by atoms with Crippen molar-refractivity contribution in [3.05, 3.63) is 33.2 Å². The van der Waals surface area contributed by atoms with Crippen molar-refractivity contribution >= 4 is 38.9 Å². The van der Waals surface area contributed by atoms with E-state index in [1.807, 2.05) is 13.0 Å². The van der Waals surface area contributed by atoms with Crippen molar-refractivity contribution in [1.82, 2.24) is 9.78 Å². The molecule has 6 heteroatoms. The van der Waals surface area contributed by atoms with E-state index in [9.17, 15) is 4.79 Å². The minimum Gasteiger partial charge on any atom is -0.319 e. The molecule has 1 N–H and O–H groups in total. The maximum Gasteiger partial charge on any atom is 0.265 e. The molecular formula is C10H10BrN3OS. The number of hydrogen-bond donors (Lipinski definition) is 1. The molecule has 4 nitrogen and oxygen atoms in total. The molecule has 2 aromatic rings. The molecule has 0 aromatic carbocycles. The Kier molecular flexibility index (Phi) is 3.40. The van der Waals surface area contributed by atoms with E-state index < -0.39 is 0 Å². The van der Waals surface area contributed by atoms with Gasteiger partial charge in [0.15, 0.2) is 0 Å². The maximum atomic E-state index is 11.8. The third-order valence-electron chi connectivity index (χ3n) is 2.01. The molecule has 0 unspecified atom stereocenters. The molecule has 0 aliphatic carbocycles. The van der Waals surface area contributed by atoms with E-state index in [0.717, 1.165) is 16.0 Å². The van der Waals surface area contributed by atoms with Gasteiger partial charge in [-0.1, -0.05) is 0 Å². The number of amides is 1. The zero-order valence-electron chi connectivity index (χ0n) is 8.61. The molecule has 0 atom stereocenters. The van der Waals surface area contributed by atoms with Crippen LogP contribution in [0.3, 0.4) is 0 Å². The summed E-state index contributed by atoms with van der Waals surface area (Å²) in [6, 6.07) is 3.64. The first-order valence-corrected chi connectivity index (χ1v) is 6.39. The number of nitrogens with one attached hydrogen (secondary N) is 1. The number of carbonyl (C=O) groups excluding carboxylic acids is 1. The molecule has 1 amide bonds. The fourth-order valence-corrected chi connectivity index (χ4v) is 2.51. The van der Waals surface area contributed by atoms with Crippen molar-refractivity contribution in [1.29, 1.82) is 0 Å². The molecule has 0 aliphatic rings. The van der Waals surface area contributed by atoms with Gasteiger partial charge in [0.1, 0.15) is 0 Å². The van der Waals surface area contributed by atoms with Crippen LogP contribution in [0.1, 0.15) is 16.6 Å². The minimum atomic E-state index is -0.105. The summed E-state index contributed by atoms with van der Waals surface area (Å²) >= 11 is 4.73. The lowest BCUT2D eigenvalue weighted by molar-refractivity contribution is 0.103. The number of hydrogen-bond acceptors (Lipinski definition) is 3. The summed E-state index contributed by atoms with van der Waals surface area (Å²) in [4.78, 5) is 12.4. The van der Waals surface area contributed by atoms with Crippen LogP contribution >= 0.6 is 27.3 Å². The number of nitrogens with zero attached hydrogens (tertiary/aromatic N) is 2. The number of aromatic nitrogens is 2. The lowest BCUT2D eigenvalue weighted by Gasteiger charge is -1.98. The van der Waals surface area contributed by atoms with Crippen LogP contribution in [0.4, 0.5) is 5.69 Å². The highest BCUT2D eigenvalue weighted by Crippen LogP contribution is 2.22. The van der Waals surface area contributed by atoms with Crippen LogP contribution in [-0.2, 0) is 6.54 Å². The Labute approximate surface area is 105 Å². The van der Waals surface area contributed by atoms with Crippen LogP contribution in [0.25, 0.3) is 0 Å². The molecule has 2 rings (SSSR count). The summed E-state index contributed by atoms with van der Waals surface area (Å²) in [5.74, 6) is -0.105. The molecule has 84 valence electrons. The molecule has 16 heavy (non-hydrogen) atoms. The number of thiophene rings is 1. The highest BCUT2D eigenvalue weighted by atomic mass is 79.9. The van der Waals surface area contributed by atoms with E-state index in [1.54, 1.807) is 23.1 Å². The van der Waals surface area contributed by atoms with Gasteiger partial charge in [-0.05, 0) is 35.0 Å². The molecule has 2 aromatic heterocycles. The molecule has 0 bridgehead atoms. The van der Waals surface area contributed by atoms with Gasteiger partial charge in [-0.2, -0.15) is 5.10 Å². The fraction of sp³-hybridized carbons (Fsp3) is 0.200. The Bertz CT molecular complexity index is 506. The summed E-state index contributed by atoms with van der Waals surface area (Å²) in [5.41, 5.74) is 0.719. The first-order chi connectivity index (χ1) is 7.69. The molecule has 0 saturated heterocycles. The summed E-state index contributed by atoms with van der Waals surface area (Å²) in [7, 11) is 0. The van der Waals surface area contributed by atoms with Crippen molar-refractivity contribution in [3.63, 3.8) is 0 Å². The zero-order valence-corrected chi connectivity index (χ0v) is 11.0. The zero-order chi connectivity index (χ0) is 11.5. The first kappa shape index (κ1) is 11.3. The Morgan fingerprint density at radius 2 is 2.44 bits per heavy atom. The average Bonchev–Trinajstić information content (AvgIpc) is 2.87. The van der Waals surface area contributed by atoms with E-state index in [4.69, 9.17) is 0 Å². The van der Waals surface area contributed by atoms with E-state index in [2.05, 4.69) is 26.3 Å². The van der Waals surface area contributed by atoms with Crippen molar-refractivity contribution in [2.24, 2.45) is 0 Å².